The first-order valence-corrected chi connectivity index (χ1v) is 24.0. The number of carbonyl (C=O) groups is 3. The quantitative estimate of drug-likeness (QED) is 0.0630. The highest BCUT2D eigenvalue weighted by Crippen LogP contribution is 2.57. The SMILES string of the molecule is CNC(=O)c1ccc(-c2cccc(CCNC(=O)CCCOc3ccc4c(c3)C3(CCC(Nc5cccc(Cl)c5)(C(=O)O)CC3)C(C[C@@H](C)COc3ccnc5c3[C@H](C)CCC5)C4)c2)cn1. The monoisotopic (exact) mass is 911 g/mol. The average Bonchev–Trinajstić information content (AvgIpc) is 3.61. The molecule has 0 saturated heterocycles. The van der Waals surface area contributed by atoms with Crippen LogP contribution in [0, 0.1) is 11.8 Å². The molecule has 11 nitrogen and oxygen atoms in total. The fraction of sp³-hybridized carbons (Fsp3) is 0.426. The summed E-state index contributed by atoms with van der Waals surface area (Å²) in [6.45, 7) is 6.06. The molecule has 12 heteroatoms. The zero-order chi connectivity index (χ0) is 46.3. The lowest BCUT2D eigenvalue weighted by Crippen LogP contribution is -2.53. The van der Waals surface area contributed by atoms with E-state index in [1.54, 1.807) is 31.4 Å². The van der Waals surface area contributed by atoms with Crippen LogP contribution in [0.1, 0.15) is 116 Å². The van der Waals surface area contributed by atoms with Crippen LogP contribution in [0.5, 0.6) is 11.5 Å². The Balaban J connectivity index is 0.891. The van der Waals surface area contributed by atoms with Gasteiger partial charge in [-0.15, -0.1) is 0 Å². The molecule has 1 saturated carbocycles. The van der Waals surface area contributed by atoms with Crippen LogP contribution in [0.4, 0.5) is 5.69 Å². The number of aryl methyl sites for hydroxylation is 1. The predicted octanol–water partition coefficient (Wildman–Crippen LogP) is 10.1. The first-order valence-electron chi connectivity index (χ1n) is 23.6. The fourth-order valence-electron chi connectivity index (χ4n) is 10.8. The molecule has 1 unspecified atom stereocenters. The van der Waals surface area contributed by atoms with Gasteiger partial charge in [0.15, 0.2) is 0 Å². The summed E-state index contributed by atoms with van der Waals surface area (Å²) in [5.74, 6) is 1.64. The topological polar surface area (TPSA) is 152 Å². The number of hydrogen-bond acceptors (Lipinski definition) is 8. The Kier molecular flexibility index (Phi) is 14.6. The summed E-state index contributed by atoms with van der Waals surface area (Å²) < 4.78 is 13.0. The van der Waals surface area contributed by atoms with Crippen molar-refractivity contribution in [3.05, 3.63) is 136 Å². The van der Waals surface area contributed by atoms with E-state index in [1.165, 1.54) is 22.4 Å². The van der Waals surface area contributed by atoms with Crippen molar-refractivity contribution in [3.63, 3.8) is 0 Å². The van der Waals surface area contributed by atoms with Crippen LogP contribution in [0.3, 0.4) is 0 Å². The zero-order valence-electron chi connectivity index (χ0n) is 38.3. The maximum Gasteiger partial charge on any atom is 0.329 e. The molecule has 0 radical (unpaired) electrons. The van der Waals surface area contributed by atoms with Crippen molar-refractivity contribution < 1.29 is 29.0 Å². The van der Waals surface area contributed by atoms with Crippen LogP contribution >= 0.6 is 11.6 Å². The van der Waals surface area contributed by atoms with E-state index in [9.17, 15) is 19.5 Å². The van der Waals surface area contributed by atoms with Crippen molar-refractivity contribution in [1.82, 2.24) is 20.6 Å². The van der Waals surface area contributed by atoms with Gasteiger partial charge in [0.1, 0.15) is 22.7 Å². The smallest absolute Gasteiger partial charge is 0.329 e. The van der Waals surface area contributed by atoms with E-state index in [0.717, 1.165) is 60.3 Å². The molecule has 5 aromatic rings. The molecule has 3 atom stereocenters. The molecule has 1 fully saturated rings. The third-order valence-corrected chi connectivity index (χ3v) is 14.5. The van der Waals surface area contributed by atoms with Crippen LogP contribution in [-0.4, -0.2) is 65.2 Å². The largest absolute Gasteiger partial charge is 0.494 e. The number of carbonyl (C=O) groups excluding carboxylic acids is 2. The molecule has 3 aliphatic rings. The minimum absolute atomic E-state index is 0.0218. The number of nitrogens with zero attached hydrogens (tertiary/aromatic N) is 2. The number of carboxylic acid groups (broad SMARTS) is 1. The number of hydrogen-bond donors (Lipinski definition) is 4. The normalized spacial score (nSPS) is 21.3. The molecule has 8 rings (SSSR count). The van der Waals surface area contributed by atoms with E-state index in [0.29, 0.717) is 92.9 Å². The van der Waals surface area contributed by atoms with Gasteiger partial charge in [-0.2, -0.15) is 0 Å². The maximum absolute atomic E-state index is 13.1. The Morgan fingerprint density at radius 3 is 2.55 bits per heavy atom. The third kappa shape index (κ3) is 10.5. The van der Waals surface area contributed by atoms with Crippen LogP contribution in [0.2, 0.25) is 5.02 Å². The number of aromatic nitrogens is 2. The Hall–Kier alpha value is -5.94. The summed E-state index contributed by atoms with van der Waals surface area (Å²) in [7, 11) is 1.58. The van der Waals surface area contributed by atoms with Crippen LogP contribution in [0.25, 0.3) is 11.1 Å². The van der Waals surface area contributed by atoms with Gasteiger partial charge < -0.3 is 30.5 Å². The molecule has 2 heterocycles. The average molecular weight is 913 g/mol. The lowest BCUT2D eigenvalue weighted by molar-refractivity contribution is -0.144. The van der Waals surface area contributed by atoms with Crippen molar-refractivity contribution in [2.45, 2.75) is 108 Å². The molecule has 2 aromatic heterocycles. The summed E-state index contributed by atoms with van der Waals surface area (Å²) in [5, 5.41) is 20.3. The van der Waals surface area contributed by atoms with Crippen molar-refractivity contribution in [1.29, 1.82) is 0 Å². The number of benzene rings is 3. The minimum atomic E-state index is -1.12. The summed E-state index contributed by atoms with van der Waals surface area (Å²) >= 11 is 6.32. The number of halogens is 1. The van der Waals surface area contributed by atoms with Crippen LogP contribution < -0.4 is 25.4 Å². The van der Waals surface area contributed by atoms with E-state index in [1.807, 2.05) is 54.7 Å². The van der Waals surface area contributed by atoms with Gasteiger partial charge >= 0.3 is 5.97 Å². The zero-order valence-corrected chi connectivity index (χ0v) is 39.1. The van der Waals surface area contributed by atoms with Gasteiger partial charge in [-0.1, -0.05) is 67.9 Å². The lowest BCUT2D eigenvalue weighted by atomic mass is 9.59. The number of rotatable bonds is 18. The third-order valence-electron chi connectivity index (χ3n) is 14.3. The van der Waals surface area contributed by atoms with Crippen molar-refractivity contribution in [3.8, 4) is 22.6 Å². The van der Waals surface area contributed by atoms with E-state index < -0.39 is 11.5 Å². The molecule has 3 aliphatic carbocycles. The summed E-state index contributed by atoms with van der Waals surface area (Å²) in [6.07, 6.45) is 12.7. The first-order chi connectivity index (χ1) is 31.9. The number of fused-ring (bicyclic) bond motifs is 3. The number of aliphatic carboxylic acids is 1. The van der Waals surface area contributed by atoms with E-state index in [-0.39, 0.29) is 23.1 Å². The number of ether oxygens (including phenoxy) is 2. The van der Waals surface area contributed by atoms with E-state index in [4.69, 9.17) is 21.1 Å². The second kappa shape index (κ2) is 20.7. The molecule has 2 amide bonds. The van der Waals surface area contributed by atoms with Gasteiger partial charge in [0.25, 0.3) is 5.91 Å². The molecule has 346 valence electrons. The van der Waals surface area contributed by atoms with Crippen LogP contribution in [-0.2, 0) is 34.3 Å². The summed E-state index contributed by atoms with van der Waals surface area (Å²) in [5.41, 5.74) is 7.72. The maximum atomic E-state index is 13.1. The van der Waals surface area contributed by atoms with Gasteiger partial charge in [0.2, 0.25) is 5.91 Å². The minimum Gasteiger partial charge on any atom is -0.494 e. The highest BCUT2D eigenvalue weighted by Gasteiger charge is 2.54. The molecule has 0 aliphatic heterocycles. The molecule has 0 bridgehead atoms. The van der Waals surface area contributed by atoms with E-state index in [2.05, 4.69) is 58.0 Å². The number of nitrogens with one attached hydrogen (secondary N) is 3. The van der Waals surface area contributed by atoms with Gasteiger partial charge in [-0.3, -0.25) is 19.6 Å². The molecular weight excluding hydrogens is 850 g/mol. The Labute approximate surface area is 393 Å². The standard InChI is InChI=1S/C54H62ClN5O6/c1-35(34-66-48-20-26-57-46-13-4-8-36(2)50(46)48)28-41-30-39-15-17-44(32-45(39)53(41)21-23-54(24-22-53,52(63)64)60-43-12-6-11-42(55)31-43)65-27-7-14-49(61)58-25-19-37-9-5-10-38(29-37)40-16-18-47(59-33-40)51(62)56-3/h5-6,9-12,15-18,20,26,29,31-33,35-36,41,60H,4,7-8,13-14,19,21-25,27-28,30,34H2,1-3H3,(H,56,62)(H,58,61)(H,63,64)/t35-,36-,41?,53?,54?/m1/s1. The molecular formula is C54H62ClN5O6. The fourth-order valence-corrected chi connectivity index (χ4v) is 10.9. The molecule has 3 aromatic carbocycles. The predicted molar refractivity (Wildman–Crippen MR) is 259 cm³/mol. The second-order valence-corrected chi connectivity index (χ2v) is 19.2. The summed E-state index contributed by atoms with van der Waals surface area (Å²) in [4.78, 5) is 46.8. The Bertz CT molecular complexity index is 2520. The number of pyridine rings is 2. The van der Waals surface area contributed by atoms with Crippen molar-refractivity contribution in [2.24, 2.45) is 11.8 Å². The van der Waals surface area contributed by atoms with Crippen molar-refractivity contribution >= 4 is 35.1 Å². The highest BCUT2D eigenvalue weighted by molar-refractivity contribution is 6.30. The van der Waals surface area contributed by atoms with Crippen LogP contribution in [0.15, 0.2) is 97.3 Å². The van der Waals surface area contributed by atoms with Gasteiger partial charge in [-0.05, 0) is 159 Å². The second-order valence-electron chi connectivity index (χ2n) is 18.8. The van der Waals surface area contributed by atoms with Gasteiger partial charge in [0, 0.05) is 59.9 Å². The van der Waals surface area contributed by atoms with E-state index >= 15 is 0 Å². The van der Waals surface area contributed by atoms with Gasteiger partial charge in [0.05, 0.1) is 13.2 Å². The highest BCUT2D eigenvalue weighted by atomic mass is 35.5. The summed E-state index contributed by atoms with van der Waals surface area (Å²) in [6, 6.07) is 27.5. The molecule has 66 heavy (non-hydrogen) atoms. The Morgan fingerprint density at radius 2 is 1.77 bits per heavy atom. The van der Waals surface area contributed by atoms with Crippen molar-refractivity contribution in [2.75, 3.05) is 32.1 Å². The molecule has 4 N–H and O–H groups in total. The molecule has 1 spiro atoms. The number of carboxylic acids is 1. The number of anilines is 1. The number of amides is 2. The first kappa shape index (κ1) is 46.6. The van der Waals surface area contributed by atoms with Gasteiger partial charge in [-0.25, -0.2) is 4.79 Å². The Morgan fingerprint density at radius 1 is 0.939 bits per heavy atom. The lowest BCUT2D eigenvalue weighted by Gasteiger charge is -2.47.